The molecule has 2 aliphatic rings. The van der Waals surface area contributed by atoms with Crippen LogP contribution in [-0.4, -0.2) is 0 Å². The summed E-state index contributed by atoms with van der Waals surface area (Å²) in [5, 5.41) is 29.2. The predicted molar refractivity (Wildman–Crippen MR) is 160 cm³/mol. The first-order valence-electron chi connectivity index (χ1n) is 12.6. The number of nitrogens with zero attached hydrogens (tertiary/aromatic N) is 6. The molecule has 0 spiro atoms. The second-order valence-corrected chi connectivity index (χ2v) is 9.51. The molecule has 42 heavy (non-hydrogen) atoms. The van der Waals surface area contributed by atoms with Crippen LogP contribution in [0.4, 0.5) is 5.69 Å². The van der Waals surface area contributed by atoms with Crippen LogP contribution in [0.2, 0.25) is 0 Å². The molecule has 0 aliphatic heterocycles. The van der Waals surface area contributed by atoms with Crippen molar-refractivity contribution in [2.45, 2.75) is 0 Å². The minimum atomic E-state index is -0.0782. The number of allylic oxidation sites excluding steroid dienone is 6. The highest BCUT2D eigenvalue weighted by Crippen LogP contribution is 2.60. The van der Waals surface area contributed by atoms with Gasteiger partial charge in [-0.05, 0) is 79.9 Å². The summed E-state index contributed by atoms with van der Waals surface area (Å²) in [4.78, 5) is 10.6. The minimum Gasteiger partial charge on any atom is -0.238 e. The molecule has 188 valence electrons. The van der Waals surface area contributed by atoms with Crippen LogP contribution in [0, 0.1) is 53.7 Å². The Morgan fingerprint density at radius 2 is 0.952 bits per heavy atom. The quantitative estimate of drug-likeness (QED) is 0.192. The zero-order valence-electron chi connectivity index (χ0n) is 21.8. The SMILES string of the molecule is [C-]#[N+]/C(C#N)=C1C2=C(/C(=C(\C#N)[N+]#[C-])c3cc(-c4ccc([N+]#[C-])cc4)ccc32)c2ccc(-c3ccc(C#N)cc3)cc2\1. The first-order chi connectivity index (χ1) is 20.6. The van der Waals surface area contributed by atoms with Crippen LogP contribution >= 0.6 is 0 Å². The van der Waals surface area contributed by atoms with Gasteiger partial charge in [0.05, 0.1) is 43.5 Å². The average Bonchev–Trinajstić information content (AvgIpc) is 3.55. The van der Waals surface area contributed by atoms with Gasteiger partial charge in [0, 0.05) is 11.1 Å². The van der Waals surface area contributed by atoms with Gasteiger partial charge >= 0.3 is 0 Å². The summed E-state index contributed by atoms with van der Waals surface area (Å²) in [6, 6.07) is 32.1. The van der Waals surface area contributed by atoms with E-state index in [-0.39, 0.29) is 11.4 Å². The molecule has 6 nitrogen and oxygen atoms in total. The maximum absolute atomic E-state index is 10.0. The van der Waals surface area contributed by atoms with Gasteiger partial charge in [0.2, 0.25) is 0 Å². The number of rotatable bonds is 2. The van der Waals surface area contributed by atoms with E-state index >= 15 is 0 Å². The van der Waals surface area contributed by atoms with Crippen LogP contribution in [0.1, 0.15) is 27.8 Å². The van der Waals surface area contributed by atoms with E-state index in [0.717, 1.165) is 33.4 Å². The van der Waals surface area contributed by atoms with Crippen molar-refractivity contribution in [3.63, 3.8) is 0 Å². The molecule has 0 unspecified atom stereocenters. The molecular formula is C36H14N6. The molecule has 0 radical (unpaired) electrons. The van der Waals surface area contributed by atoms with E-state index in [1.54, 1.807) is 24.3 Å². The molecule has 6 heteroatoms. The van der Waals surface area contributed by atoms with Gasteiger partial charge in [-0.25, -0.2) is 25.1 Å². The smallest absolute Gasteiger partial charge is 0.238 e. The highest BCUT2D eigenvalue weighted by molar-refractivity contribution is 6.37. The van der Waals surface area contributed by atoms with Crippen LogP contribution in [0.25, 0.3) is 59.1 Å². The summed E-state index contributed by atoms with van der Waals surface area (Å²) in [5.41, 5.74) is 9.43. The van der Waals surface area contributed by atoms with E-state index in [1.807, 2.05) is 60.7 Å². The van der Waals surface area contributed by atoms with Gasteiger partial charge in [0.15, 0.2) is 5.69 Å². The van der Waals surface area contributed by atoms with Gasteiger partial charge in [-0.3, -0.25) is 0 Å². The van der Waals surface area contributed by atoms with Crippen molar-refractivity contribution in [3.8, 4) is 40.5 Å². The van der Waals surface area contributed by atoms with Crippen molar-refractivity contribution in [3.05, 3.63) is 158 Å². The molecule has 6 rings (SSSR count). The Kier molecular flexibility index (Phi) is 6.01. The fourth-order valence-electron chi connectivity index (χ4n) is 5.59. The second-order valence-electron chi connectivity index (χ2n) is 9.51. The van der Waals surface area contributed by atoms with E-state index in [9.17, 15) is 15.8 Å². The van der Waals surface area contributed by atoms with E-state index in [1.165, 1.54) is 0 Å². The number of benzene rings is 4. The summed E-state index contributed by atoms with van der Waals surface area (Å²) in [5.74, 6) is 0. The third kappa shape index (κ3) is 3.76. The number of fused-ring (bicyclic) bond motifs is 4. The van der Waals surface area contributed by atoms with Gasteiger partial charge in [0.1, 0.15) is 0 Å². The third-order valence-corrected chi connectivity index (χ3v) is 7.45. The monoisotopic (exact) mass is 530 g/mol. The molecule has 0 bridgehead atoms. The molecule has 4 aromatic carbocycles. The van der Waals surface area contributed by atoms with Crippen molar-refractivity contribution >= 4 is 28.0 Å². The topological polar surface area (TPSA) is 84.4 Å². The van der Waals surface area contributed by atoms with Gasteiger partial charge in [-0.1, -0.05) is 60.7 Å². The molecule has 0 atom stereocenters. The number of hydrogen-bond acceptors (Lipinski definition) is 3. The van der Waals surface area contributed by atoms with Crippen LogP contribution in [0.5, 0.6) is 0 Å². The van der Waals surface area contributed by atoms with Crippen molar-refractivity contribution in [1.29, 1.82) is 15.8 Å². The van der Waals surface area contributed by atoms with Gasteiger partial charge in [-0.15, -0.1) is 0 Å². The zero-order chi connectivity index (χ0) is 29.4. The Hall–Kier alpha value is -6.96. The van der Waals surface area contributed by atoms with Crippen LogP contribution in [0.15, 0.2) is 96.3 Å². The largest absolute Gasteiger partial charge is 0.270 e. The van der Waals surface area contributed by atoms with Crippen LogP contribution in [0.3, 0.4) is 0 Å². The zero-order valence-corrected chi connectivity index (χ0v) is 21.8. The first kappa shape index (κ1) is 25.3. The summed E-state index contributed by atoms with van der Waals surface area (Å²) >= 11 is 0. The van der Waals surface area contributed by atoms with Crippen molar-refractivity contribution in [2.24, 2.45) is 0 Å². The highest BCUT2D eigenvalue weighted by Gasteiger charge is 2.39. The molecule has 0 saturated heterocycles. The van der Waals surface area contributed by atoms with Gasteiger partial charge in [-0.2, -0.15) is 5.26 Å². The lowest BCUT2D eigenvalue weighted by Crippen LogP contribution is -1.96. The molecule has 0 fully saturated rings. The molecular weight excluding hydrogens is 516 g/mol. The lowest BCUT2D eigenvalue weighted by atomic mass is 9.88. The fraction of sp³-hybridized carbons (Fsp3) is 0. The number of hydrogen-bond donors (Lipinski definition) is 0. The Bertz CT molecular complexity index is 2030. The Labute approximate surface area is 242 Å². The molecule has 0 saturated carbocycles. The Morgan fingerprint density at radius 3 is 1.33 bits per heavy atom. The maximum Gasteiger partial charge on any atom is 0.270 e. The Balaban J connectivity index is 1.61. The standard InChI is InChI=1S/C36H14N6/c1-40-26-12-8-23(9-13-26)25-11-15-28-30(17-25)34(32(20-39)42-3)35-27-14-10-24(22-6-4-21(18-37)5-7-22)16-29(27)33(36(28)35)31(19-38)41-2/h4-17H/b33-31-,34-32+. The van der Waals surface area contributed by atoms with Gasteiger partial charge < -0.3 is 0 Å². The summed E-state index contributed by atoms with van der Waals surface area (Å²) in [7, 11) is 0. The molecule has 0 N–H and O–H groups in total. The summed E-state index contributed by atoms with van der Waals surface area (Å²) in [6.07, 6.45) is 0. The molecule has 0 amide bonds. The van der Waals surface area contributed by atoms with E-state index in [2.05, 4.69) is 32.7 Å². The molecule has 0 aromatic heterocycles. The van der Waals surface area contributed by atoms with Crippen LogP contribution in [-0.2, 0) is 0 Å². The van der Waals surface area contributed by atoms with Crippen LogP contribution < -0.4 is 0 Å². The normalized spacial score (nSPS) is 14.5. The summed E-state index contributed by atoms with van der Waals surface area (Å²) in [6.45, 7) is 22.8. The van der Waals surface area contributed by atoms with Crippen molar-refractivity contribution in [1.82, 2.24) is 0 Å². The molecule has 0 heterocycles. The van der Waals surface area contributed by atoms with Crippen molar-refractivity contribution < 1.29 is 0 Å². The van der Waals surface area contributed by atoms with E-state index < -0.39 is 0 Å². The fourth-order valence-corrected chi connectivity index (χ4v) is 5.59. The van der Waals surface area contributed by atoms with E-state index in [0.29, 0.717) is 44.7 Å². The van der Waals surface area contributed by atoms with E-state index in [4.69, 9.17) is 19.7 Å². The first-order valence-corrected chi connectivity index (χ1v) is 12.6. The average molecular weight is 531 g/mol. The highest BCUT2D eigenvalue weighted by atomic mass is 14.7. The Morgan fingerprint density at radius 1 is 0.524 bits per heavy atom. The second kappa shape index (κ2) is 9.97. The van der Waals surface area contributed by atoms with Gasteiger partial charge in [0.25, 0.3) is 11.4 Å². The third-order valence-electron chi connectivity index (χ3n) is 7.45. The molecule has 4 aromatic rings. The molecule has 2 aliphatic carbocycles. The number of nitriles is 3. The predicted octanol–water partition coefficient (Wildman–Crippen LogP) is 8.69. The lowest BCUT2D eigenvalue weighted by Gasteiger charge is -2.15. The van der Waals surface area contributed by atoms with Crippen molar-refractivity contribution in [2.75, 3.05) is 0 Å². The minimum absolute atomic E-state index is 0.0774. The summed E-state index contributed by atoms with van der Waals surface area (Å²) < 4.78 is 0. The lowest BCUT2D eigenvalue weighted by molar-refractivity contribution is 1.47. The maximum atomic E-state index is 10.0.